The van der Waals surface area contributed by atoms with Crippen molar-refractivity contribution in [3.05, 3.63) is 84.4 Å². The Morgan fingerprint density at radius 3 is 2.39 bits per heavy atom. The molecule has 4 N–H and O–H groups in total. The van der Waals surface area contributed by atoms with Gasteiger partial charge in [-0.3, -0.25) is 9.69 Å². The zero-order valence-corrected chi connectivity index (χ0v) is 25.9. The van der Waals surface area contributed by atoms with Crippen LogP contribution in [0.1, 0.15) is 19.4 Å². The smallest absolute Gasteiger partial charge is 0.434 e. The number of nitrogens with one attached hydrogen (secondary N) is 1. The van der Waals surface area contributed by atoms with E-state index in [1.807, 2.05) is 13.8 Å². The lowest BCUT2D eigenvalue weighted by Gasteiger charge is -2.31. The highest BCUT2D eigenvalue weighted by Gasteiger charge is 2.40. The van der Waals surface area contributed by atoms with Crippen LogP contribution in [-0.4, -0.2) is 74.1 Å². The third-order valence-corrected chi connectivity index (χ3v) is 8.88. The van der Waals surface area contributed by atoms with Crippen molar-refractivity contribution in [1.82, 2.24) is 9.62 Å². The average Bonchev–Trinajstić information content (AvgIpc) is 3.38. The first-order chi connectivity index (χ1) is 21.6. The fourth-order valence-electron chi connectivity index (χ4n) is 4.89. The van der Waals surface area contributed by atoms with Gasteiger partial charge in [-0.05, 0) is 54.3 Å². The molecule has 11 nitrogen and oxygen atoms in total. The van der Waals surface area contributed by atoms with Crippen LogP contribution in [0.3, 0.4) is 0 Å². The summed E-state index contributed by atoms with van der Waals surface area (Å²) in [7, 11) is -4.07. The van der Waals surface area contributed by atoms with Crippen LogP contribution in [0.15, 0.2) is 83.8 Å². The molecule has 1 aliphatic rings. The molecular formula is C31H35F3N4O7S. The van der Waals surface area contributed by atoms with Crippen molar-refractivity contribution in [2.45, 2.75) is 49.8 Å². The minimum atomic E-state index is -4.94. The number of amides is 2. The summed E-state index contributed by atoms with van der Waals surface area (Å²) >= 11 is 0. The number of aliphatic hydroxyl groups excluding tert-OH is 1. The van der Waals surface area contributed by atoms with Gasteiger partial charge in [0.25, 0.3) is 5.91 Å². The molecule has 0 aromatic heterocycles. The Morgan fingerprint density at radius 1 is 1.09 bits per heavy atom. The number of hydrogen-bond acceptors (Lipinski definition) is 8. The second-order valence-electron chi connectivity index (χ2n) is 11.2. The summed E-state index contributed by atoms with van der Waals surface area (Å²) < 4.78 is 75.6. The van der Waals surface area contributed by atoms with Crippen LogP contribution in [0.2, 0.25) is 0 Å². The number of cyclic esters (lactones) is 1. The zero-order valence-electron chi connectivity index (χ0n) is 25.1. The van der Waals surface area contributed by atoms with Gasteiger partial charge in [0.15, 0.2) is 6.10 Å². The summed E-state index contributed by atoms with van der Waals surface area (Å²) in [4.78, 5) is 27.0. The molecule has 2 amide bonds. The monoisotopic (exact) mass is 664 g/mol. The van der Waals surface area contributed by atoms with Gasteiger partial charge in [-0.25, -0.2) is 13.2 Å². The molecule has 15 heteroatoms. The number of benzene rings is 3. The second-order valence-corrected chi connectivity index (χ2v) is 13.1. The van der Waals surface area contributed by atoms with E-state index in [1.165, 1.54) is 36.4 Å². The van der Waals surface area contributed by atoms with E-state index in [2.05, 4.69) is 10.1 Å². The maximum Gasteiger partial charge on any atom is 0.573 e. The lowest BCUT2D eigenvalue weighted by molar-refractivity contribution is -0.274. The standard InChI is InChI=1S/C31H35F3N4O7S/c1-20(2)17-37(46(42,43)25-13-11-22(35)12-14-25)18-27(39)26(15-21-7-4-3-5-8-21)36-29(40)28-19-38(30(41)44-28)23-9-6-10-24(16-23)45-31(32,33)34/h3-14,16,20,26-28,39H,15,17-19,35H2,1-2H3,(H,36,40)/t26-,27+,28-/m0/s1. The number of hydrogen-bond donors (Lipinski definition) is 3. The van der Waals surface area contributed by atoms with Crippen LogP contribution >= 0.6 is 0 Å². The topological polar surface area (TPSA) is 152 Å². The Hall–Kier alpha value is -4.34. The van der Waals surface area contributed by atoms with E-state index in [1.54, 1.807) is 30.3 Å². The van der Waals surface area contributed by atoms with Gasteiger partial charge in [0.2, 0.25) is 10.0 Å². The number of carbonyl (C=O) groups is 2. The maximum absolute atomic E-state index is 13.6. The van der Waals surface area contributed by atoms with E-state index in [0.29, 0.717) is 5.69 Å². The third kappa shape index (κ3) is 9.11. The highest BCUT2D eigenvalue weighted by atomic mass is 32.2. The van der Waals surface area contributed by atoms with Crippen molar-refractivity contribution in [1.29, 1.82) is 0 Å². The molecule has 0 bridgehead atoms. The lowest BCUT2D eigenvalue weighted by Crippen LogP contribution is -2.53. The normalized spacial score (nSPS) is 16.7. The highest BCUT2D eigenvalue weighted by Crippen LogP contribution is 2.29. The number of nitrogen functional groups attached to an aromatic ring is 1. The van der Waals surface area contributed by atoms with Gasteiger partial charge in [0.1, 0.15) is 5.75 Å². The number of alkyl halides is 3. The minimum Gasteiger partial charge on any atom is -0.434 e. The third-order valence-electron chi connectivity index (χ3n) is 7.04. The van der Waals surface area contributed by atoms with Crippen LogP contribution in [-0.2, 0) is 26.0 Å². The lowest BCUT2D eigenvalue weighted by atomic mass is 10.0. The van der Waals surface area contributed by atoms with E-state index in [-0.39, 0.29) is 42.6 Å². The number of nitrogens with two attached hydrogens (primary N) is 1. The van der Waals surface area contributed by atoms with Gasteiger partial charge in [-0.15, -0.1) is 13.2 Å². The first kappa shape index (κ1) is 34.5. The first-order valence-electron chi connectivity index (χ1n) is 14.3. The molecule has 1 saturated heterocycles. The number of nitrogens with zero attached hydrogens (tertiary/aromatic N) is 2. The molecule has 3 atom stereocenters. The molecule has 0 spiro atoms. The summed E-state index contributed by atoms with van der Waals surface area (Å²) in [5.74, 6) is -1.45. The highest BCUT2D eigenvalue weighted by molar-refractivity contribution is 7.89. The van der Waals surface area contributed by atoms with Gasteiger partial charge in [0.05, 0.1) is 29.3 Å². The Bertz CT molecular complexity index is 1610. The molecule has 4 rings (SSSR count). The van der Waals surface area contributed by atoms with Gasteiger partial charge < -0.3 is 25.6 Å². The molecule has 1 fully saturated rings. The largest absolute Gasteiger partial charge is 0.573 e. The number of sulfonamides is 1. The van der Waals surface area contributed by atoms with Crippen molar-refractivity contribution in [3.8, 4) is 5.75 Å². The van der Waals surface area contributed by atoms with E-state index in [0.717, 1.165) is 26.9 Å². The van der Waals surface area contributed by atoms with Crippen LogP contribution in [0.5, 0.6) is 5.75 Å². The molecule has 3 aromatic rings. The van der Waals surface area contributed by atoms with Crippen molar-refractivity contribution in [2.24, 2.45) is 5.92 Å². The molecule has 3 aromatic carbocycles. The Labute approximate surface area is 264 Å². The number of anilines is 2. The summed E-state index contributed by atoms with van der Waals surface area (Å²) in [6.45, 7) is 3.02. The number of halogens is 3. The molecule has 0 aliphatic carbocycles. The number of ether oxygens (including phenoxy) is 2. The van der Waals surface area contributed by atoms with E-state index >= 15 is 0 Å². The molecule has 1 aliphatic heterocycles. The first-order valence-corrected chi connectivity index (χ1v) is 15.8. The van der Waals surface area contributed by atoms with Crippen LogP contribution in [0.4, 0.5) is 29.3 Å². The quantitative estimate of drug-likeness (QED) is 0.233. The summed E-state index contributed by atoms with van der Waals surface area (Å²) in [5, 5.41) is 14.1. The average molecular weight is 665 g/mol. The Morgan fingerprint density at radius 2 is 1.76 bits per heavy atom. The molecule has 0 unspecified atom stereocenters. The van der Waals surface area contributed by atoms with E-state index in [4.69, 9.17) is 10.5 Å². The van der Waals surface area contributed by atoms with Crippen molar-refractivity contribution in [2.75, 3.05) is 30.3 Å². The minimum absolute atomic E-state index is 0.0131. The predicted molar refractivity (Wildman–Crippen MR) is 163 cm³/mol. The molecule has 1 heterocycles. The fourth-order valence-corrected chi connectivity index (χ4v) is 6.51. The van der Waals surface area contributed by atoms with Gasteiger partial charge in [0, 0.05) is 24.8 Å². The SMILES string of the molecule is CC(C)CN(C[C@@H](O)[C@H](Cc1ccccc1)NC(=O)[C@@H]1CN(c2cccc(OC(F)(F)F)c2)C(=O)O1)S(=O)(=O)c1ccc(N)cc1. The molecule has 0 radical (unpaired) electrons. The molecule has 248 valence electrons. The van der Waals surface area contributed by atoms with Gasteiger partial charge >= 0.3 is 12.5 Å². The molecule has 0 saturated carbocycles. The van der Waals surface area contributed by atoms with Gasteiger partial charge in [-0.2, -0.15) is 4.31 Å². The number of aliphatic hydroxyl groups is 1. The zero-order chi connectivity index (χ0) is 33.6. The Balaban J connectivity index is 1.53. The van der Waals surface area contributed by atoms with Gasteiger partial charge in [-0.1, -0.05) is 50.2 Å². The van der Waals surface area contributed by atoms with Crippen molar-refractivity contribution < 1.29 is 45.8 Å². The number of rotatable bonds is 13. The Kier molecular flexibility index (Phi) is 10.8. The van der Waals surface area contributed by atoms with Crippen LogP contribution in [0.25, 0.3) is 0 Å². The predicted octanol–water partition coefficient (Wildman–Crippen LogP) is 3.93. The number of carbonyl (C=O) groups excluding carboxylic acids is 2. The summed E-state index contributed by atoms with van der Waals surface area (Å²) in [6, 6.07) is 18.2. The summed E-state index contributed by atoms with van der Waals surface area (Å²) in [5.41, 5.74) is 6.86. The van der Waals surface area contributed by atoms with E-state index in [9.17, 15) is 36.3 Å². The van der Waals surface area contributed by atoms with Crippen molar-refractivity contribution in [3.63, 3.8) is 0 Å². The van der Waals surface area contributed by atoms with Crippen LogP contribution < -0.4 is 20.7 Å². The molecular weight excluding hydrogens is 629 g/mol. The van der Waals surface area contributed by atoms with Crippen molar-refractivity contribution >= 4 is 33.4 Å². The van der Waals surface area contributed by atoms with Crippen LogP contribution in [0, 0.1) is 5.92 Å². The molecule has 46 heavy (non-hydrogen) atoms. The van der Waals surface area contributed by atoms with E-state index < -0.39 is 52.4 Å². The second kappa shape index (κ2) is 14.4. The summed E-state index contributed by atoms with van der Waals surface area (Å²) in [6.07, 6.45) is -8.60. The maximum atomic E-state index is 13.6. The fraction of sp³-hybridized carbons (Fsp3) is 0.355.